The highest BCUT2D eigenvalue weighted by Crippen LogP contribution is 2.20. The molecule has 0 bridgehead atoms. The summed E-state index contributed by atoms with van der Waals surface area (Å²) >= 11 is 0. The Morgan fingerprint density at radius 2 is 1.76 bits per heavy atom. The third kappa shape index (κ3) is 2.37. The molecule has 2 aromatic carbocycles. The lowest BCUT2D eigenvalue weighted by Crippen LogP contribution is -2.00. The molecule has 0 heterocycles. The van der Waals surface area contributed by atoms with Crippen molar-refractivity contribution in [1.82, 2.24) is 0 Å². The highest BCUT2D eigenvalue weighted by molar-refractivity contribution is 5.96. The predicted molar refractivity (Wildman–Crippen MR) is 65.9 cm³/mol. The minimum Gasteiger partial charge on any atom is -0.465 e. The van der Waals surface area contributed by atoms with Crippen LogP contribution in [0.1, 0.15) is 10.4 Å². The van der Waals surface area contributed by atoms with Gasteiger partial charge in [-0.25, -0.2) is 4.79 Å². The Bertz CT molecular complexity index is 551. The van der Waals surface area contributed by atoms with Gasteiger partial charge in [-0.2, -0.15) is 0 Å². The van der Waals surface area contributed by atoms with Gasteiger partial charge in [0.1, 0.15) is 0 Å². The molecule has 88 valence electrons. The van der Waals surface area contributed by atoms with E-state index in [-0.39, 0.29) is 5.97 Å². The van der Waals surface area contributed by atoms with Gasteiger partial charge >= 0.3 is 5.97 Å². The number of ether oxygens (including phenoxy) is 1. The fraction of sp³-hybridized carbons (Fsp3) is 0.154. The fourth-order valence-corrected chi connectivity index (χ4v) is 1.67. The van der Waals surface area contributed by atoms with E-state index in [1.54, 1.807) is 19.2 Å². The lowest BCUT2D eigenvalue weighted by atomic mass is 10.1. The number of nitrogens with one attached hydrogen (secondary N) is 1. The number of hydrogen-bond acceptors (Lipinski definition) is 4. The molecule has 0 aliphatic heterocycles. The monoisotopic (exact) mass is 231 g/mol. The zero-order valence-electron chi connectivity index (χ0n) is 9.69. The largest absolute Gasteiger partial charge is 0.465 e. The number of hydrogen-bond donors (Lipinski definition) is 1. The maximum absolute atomic E-state index is 11.4. The average Bonchev–Trinajstić information content (AvgIpc) is 2.37. The molecule has 0 unspecified atom stereocenters. The van der Waals surface area contributed by atoms with Crippen molar-refractivity contribution in [1.29, 1.82) is 0 Å². The van der Waals surface area contributed by atoms with Gasteiger partial charge < -0.3 is 4.74 Å². The number of anilines is 1. The van der Waals surface area contributed by atoms with Crippen molar-refractivity contribution in [2.45, 2.75) is 0 Å². The Morgan fingerprint density at radius 3 is 2.47 bits per heavy atom. The van der Waals surface area contributed by atoms with Crippen LogP contribution in [0.25, 0.3) is 10.8 Å². The normalized spacial score (nSPS) is 10.2. The highest BCUT2D eigenvalue weighted by atomic mass is 16.6. The summed E-state index contributed by atoms with van der Waals surface area (Å²) in [4.78, 5) is 16.2. The molecule has 4 heteroatoms. The molecule has 4 nitrogen and oxygen atoms in total. The van der Waals surface area contributed by atoms with Crippen molar-refractivity contribution in [2.75, 3.05) is 19.7 Å². The Labute approximate surface area is 99.1 Å². The maximum Gasteiger partial charge on any atom is 0.337 e. The van der Waals surface area contributed by atoms with Crippen molar-refractivity contribution in [3.8, 4) is 0 Å². The minimum absolute atomic E-state index is 0.328. The Kier molecular flexibility index (Phi) is 3.25. The summed E-state index contributed by atoms with van der Waals surface area (Å²) in [6.07, 6.45) is 0. The number of carbonyl (C=O) groups excluding carboxylic acids is 1. The zero-order chi connectivity index (χ0) is 12.3. The minimum atomic E-state index is -0.328. The molecule has 17 heavy (non-hydrogen) atoms. The van der Waals surface area contributed by atoms with Crippen molar-refractivity contribution in [3.63, 3.8) is 0 Å². The molecule has 0 fully saturated rings. The van der Waals surface area contributed by atoms with Crippen LogP contribution in [0.4, 0.5) is 5.69 Å². The van der Waals surface area contributed by atoms with Crippen molar-refractivity contribution >= 4 is 22.4 Å². The molecule has 0 atom stereocenters. The number of fused-ring (bicyclic) bond motifs is 1. The summed E-state index contributed by atoms with van der Waals surface area (Å²) < 4.78 is 4.68. The predicted octanol–water partition coefficient (Wildman–Crippen LogP) is 2.60. The van der Waals surface area contributed by atoms with Crippen LogP contribution in [0, 0.1) is 0 Å². The lowest BCUT2D eigenvalue weighted by molar-refractivity contribution is 0.0601. The quantitative estimate of drug-likeness (QED) is 0.651. The molecular weight excluding hydrogens is 218 g/mol. The van der Waals surface area contributed by atoms with E-state index in [4.69, 9.17) is 4.84 Å². The van der Waals surface area contributed by atoms with Crippen LogP contribution in [0.3, 0.4) is 0 Å². The lowest BCUT2D eigenvalue weighted by Gasteiger charge is -2.06. The fourth-order valence-electron chi connectivity index (χ4n) is 1.67. The highest BCUT2D eigenvalue weighted by Gasteiger charge is 2.05. The van der Waals surface area contributed by atoms with E-state index in [1.165, 1.54) is 7.11 Å². The van der Waals surface area contributed by atoms with Crippen LogP contribution in [0.5, 0.6) is 0 Å². The molecule has 0 aromatic heterocycles. The summed E-state index contributed by atoms with van der Waals surface area (Å²) in [5, 5.41) is 2.01. The topological polar surface area (TPSA) is 47.6 Å². The first-order valence-electron chi connectivity index (χ1n) is 5.15. The summed E-state index contributed by atoms with van der Waals surface area (Å²) in [7, 11) is 2.93. The van der Waals surface area contributed by atoms with E-state index in [0.717, 1.165) is 16.5 Å². The summed E-state index contributed by atoms with van der Waals surface area (Å²) in [6.45, 7) is 0. The van der Waals surface area contributed by atoms with Crippen LogP contribution in [0.15, 0.2) is 36.4 Å². The average molecular weight is 231 g/mol. The number of rotatable bonds is 3. The molecule has 0 amide bonds. The smallest absolute Gasteiger partial charge is 0.337 e. The van der Waals surface area contributed by atoms with Crippen LogP contribution in [0.2, 0.25) is 0 Å². The van der Waals surface area contributed by atoms with Gasteiger partial charge in [0.05, 0.1) is 25.5 Å². The summed E-state index contributed by atoms with van der Waals surface area (Å²) in [6, 6.07) is 11.2. The van der Waals surface area contributed by atoms with Crippen LogP contribution < -0.4 is 5.48 Å². The van der Waals surface area contributed by atoms with Gasteiger partial charge in [0.15, 0.2) is 0 Å². The third-order valence-corrected chi connectivity index (χ3v) is 2.48. The van der Waals surface area contributed by atoms with E-state index in [9.17, 15) is 4.79 Å². The van der Waals surface area contributed by atoms with Gasteiger partial charge in [0.25, 0.3) is 0 Å². The molecule has 1 N–H and O–H groups in total. The standard InChI is InChI=1S/C13H13NO3/c1-16-13(15)11-4-3-10-8-12(14-17-2)6-5-9(10)7-11/h3-8,14H,1-2H3. The Morgan fingerprint density at radius 1 is 1.06 bits per heavy atom. The van der Waals surface area contributed by atoms with Gasteiger partial charge in [-0.05, 0) is 35.0 Å². The number of methoxy groups -OCH3 is 1. The van der Waals surface area contributed by atoms with Gasteiger partial charge in [0, 0.05) is 0 Å². The van der Waals surface area contributed by atoms with Crippen molar-refractivity contribution in [2.24, 2.45) is 0 Å². The van der Waals surface area contributed by atoms with Gasteiger partial charge in [-0.1, -0.05) is 12.1 Å². The van der Waals surface area contributed by atoms with Crippen LogP contribution in [-0.4, -0.2) is 20.2 Å². The molecule has 0 radical (unpaired) electrons. The molecule has 2 rings (SSSR count). The first kappa shape index (κ1) is 11.4. The van der Waals surface area contributed by atoms with Crippen molar-refractivity contribution < 1.29 is 14.4 Å². The van der Waals surface area contributed by atoms with Gasteiger partial charge in [-0.3, -0.25) is 10.3 Å². The van der Waals surface area contributed by atoms with Gasteiger partial charge in [-0.15, -0.1) is 0 Å². The Hall–Kier alpha value is -2.07. The Balaban J connectivity index is 2.43. The SMILES string of the molecule is CONc1ccc2cc(C(=O)OC)ccc2c1. The molecule has 0 aliphatic rings. The second-order valence-electron chi connectivity index (χ2n) is 3.57. The first-order chi connectivity index (χ1) is 8.24. The van der Waals surface area contributed by atoms with Gasteiger partial charge in [0.2, 0.25) is 0 Å². The van der Waals surface area contributed by atoms with E-state index in [0.29, 0.717) is 5.56 Å². The molecule has 0 saturated heterocycles. The first-order valence-corrected chi connectivity index (χ1v) is 5.15. The summed E-state index contributed by atoms with van der Waals surface area (Å²) in [5.74, 6) is -0.328. The molecule has 0 aliphatic carbocycles. The maximum atomic E-state index is 11.4. The molecule has 0 spiro atoms. The molecule has 2 aromatic rings. The zero-order valence-corrected chi connectivity index (χ0v) is 9.69. The van der Waals surface area contributed by atoms with Crippen LogP contribution >= 0.6 is 0 Å². The van der Waals surface area contributed by atoms with E-state index in [1.807, 2.05) is 24.3 Å². The molecule has 0 saturated carbocycles. The number of benzene rings is 2. The van der Waals surface area contributed by atoms with E-state index < -0.39 is 0 Å². The third-order valence-electron chi connectivity index (χ3n) is 2.48. The van der Waals surface area contributed by atoms with Crippen molar-refractivity contribution in [3.05, 3.63) is 42.0 Å². The molecular formula is C13H13NO3. The second-order valence-corrected chi connectivity index (χ2v) is 3.57. The number of carbonyl (C=O) groups is 1. The van der Waals surface area contributed by atoms with Crippen LogP contribution in [-0.2, 0) is 9.57 Å². The number of esters is 1. The van der Waals surface area contributed by atoms with E-state index >= 15 is 0 Å². The second kappa shape index (κ2) is 4.84. The van der Waals surface area contributed by atoms with E-state index in [2.05, 4.69) is 10.2 Å². The summed E-state index contributed by atoms with van der Waals surface area (Å²) in [5.41, 5.74) is 4.17.